The summed E-state index contributed by atoms with van der Waals surface area (Å²) in [5.74, 6) is -0.404. The van der Waals surface area contributed by atoms with Crippen LogP contribution >= 0.6 is 0 Å². The Hall–Kier alpha value is -3.59. The molecule has 3 atom stereocenters. The highest BCUT2D eigenvalue weighted by molar-refractivity contribution is 5.88. The third-order valence-corrected chi connectivity index (χ3v) is 6.42. The van der Waals surface area contributed by atoms with Crippen LogP contribution in [0.4, 0.5) is 4.39 Å². The molecule has 1 saturated heterocycles. The van der Waals surface area contributed by atoms with E-state index >= 15 is 0 Å². The molecule has 3 aromatic rings. The molecule has 1 aliphatic rings. The lowest BCUT2D eigenvalue weighted by Crippen LogP contribution is -2.48. The zero-order valence-corrected chi connectivity index (χ0v) is 20.0. The summed E-state index contributed by atoms with van der Waals surface area (Å²) in [5, 5.41) is 10.7. The molecule has 9 heteroatoms. The monoisotopic (exact) mass is 478 g/mol. The molecule has 35 heavy (non-hydrogen) atoms. The van der Waals surface area contributed by atoms with Crippen molar-refractivity contribution in [3.8, 4) is 0 Å². The number of nitrogens with two attached hydrogens (primary N) is 1. The van der Waals surface area contributed by atoms with Crippen molar-refractivity contribution < 1.29 is 14.0 Å². The van der Waals surface area contributed by atoms with Crippen molar-refractivity contribution in [3.05, 3.63) is 83.2 Å². The van der Waals surface area contributed by atoms with Gasteiger partial charge in [0, 0.05) is 13.0 Å². The number of nitrogens with zero attached hydrogens (tertiary/aromatic N) is 4. The van der Waals surface area contributed by atoms with Gasteiger partial charge >= 0.3 is 0 Å². The van der Waals surface area contributed by atoms with Gasteiger partial charge in [0.15, 0.2) is 0 Å². The van der Waals surface area contributed by atoms with E-state index in [1.807, 2.05) is 42.5 Å². The van der Waals surface area contributed by atoms with Crippen molar-refractivity contribution in [2.24, 2.45) is 5.73 Å². The van der Waals surface area contributed by atoms with Crippen LogP contribution in [0.5, 0.6) is 0 Å². The number of nitrogens with one attached hydrogen (secondary N) is 1. The number of hydrogen-bond donors (Lipinski definition) is 2. The summed E-state index contributed by atoms with van der Waals surface area (Å²) in [4.78, 5) is 27.8. The van der Waals surface area contributed by atoms with E-state index in [9.17, 15) is 14.0 Å². The van der Waals surface area contributed by atoms with Crippen molar-refractivity contribution in [2.45, 2.75) is 57.5 Å². The number of alkyl halides is 1. The van der Waals surface area contributed by atoms with Crippen molar-refractivity contribution in [1.29, 1.82) is 0 Å². The predicted octanol–water partition coefficient (Wildman–Crippen LogP) is 2.71. The van der Waals surface area contributed by atoms with E-state index in [1.165, 1.54) is 21.3 Å². The minimum absolute atomic E-state index is 0.0491. The molecule has 0 radical (unpaired) electrons. The average Bonchev–Trinajstić information content (AvgIpc) is 3.49. The first-order chi connectivity index (χ1) is 16.9. The summed E-state index contributed by atoms with van der Waals surface area (Å²) < 4.78 is 15.8. The van der Waals surface area contributed by atoms with Gasteiger partial charge in [-0.1, -0.05) is 73.7 Å². The van der Waals surface area contributed by atoms with Gasteiger partial charge in [0.1, 0.15) is 18.8 Å². The largest absolute Gasteiger partial charge is 0.343 e. The van der Waals surface area contributed by atoms with Gasteiger partial charge in [-0.05, 0) is 22.6 Å². The molecule has 2 amide bonds. The zero-order chi connectivity index (χ0) is 24.9. The van der Waals surface area contributed by atoms with E-state index in [-0.39, 0.29) is 26.1 Å². The van der Waals surface area contributed by atoms with Crippen LogP contribution in [0.1, 0.15) is 54.6 Å². The smallest absolute Gasteiger partial charge is 0.245 e. The molecule has 4 rings (SSSR count). The number of amides is 2. The summed E-state index contributed by atoms with van der Waals surface area (Å²) in [6, 6.07) is 16.4. The lowest BCUT2D eigenvalue weighted by atomic mass is 9.95. The fourth-order valence-electron chi connectivity index (χ4n) is 4.41. The van der Waals surface area contributed by atoms with Crippen LogP contribution in [0, 0.1) is 0 Å². The van der Waals surface area contributed by atoms with E-state index in [0.29, 0.717) is 11.6 Å². The van der Waals surface area contributed by atoms with Crippen LogP contribution < -0.4 is 11.1 Å². The molecule has 1 aromatic heterocycles. The minimum atomic E-state index is -1.28. The number of carbonyl (C=O) groups is 2. The van der Waals surface area contributed by atoms with Gasteiger partial charge in [0.25, 0.3) is 0 Å². The fourth-order valence-corrected chi connectivity index (χ4v) is 4.41. The van der Waals surface area contributed by atoms with Crippen LogP contribution in [0.2, 0.25) is 0 Å². The molecule has 3 N–H and O–H groups in total. The minimum Gasteiger partial charge on any atom is -0.343 e. The maximum atomic E-state index is 14.4. The molecule has 0 saturated carbocycles. The Bertz CT molecular complexity index is 1150. The Morgan fingerprint density at radius 2 is 1.74 bits per heavy atom. The summed E-state index contributed by atoms with van der Waals surface area (Å²) >= 11 is 0. The second kappa shape index (κ2) is 10.8. The van der Waals surface area contributed by atoms with Crippen molar-refractivity contribution in [3.63, 3.8) is 0 Å². The Morgan fingerprint density at radius 3 is 2.40 bits per heavy atom. The average molecular weight is 479 g/mol. The van der Waals surface area contributed by atoms with E-state index < -0.39 is 30.1 Å². The van der Waals surface area contributed by atoms with Crippen molar-refractivity contribution >= 4 is 11.8 Å². The molecular weight excluding hydrogens is 447 g/mol. The van der Waals surface area contributed by atoms with Gasteiger partial charge < -0.3 is 16.0 Å². The van der Waals surface area contributed by atoms with Gasteiger partial charge in [-0.25, -0.2) is 9.07 Å². The van der Waals surface area contributed by atoms with E-state index in [4.69, 9.17) is 5.73 Å². The molecule has 2 heterocycles. The first-order valence-corrected chi connectivity index (χ1v) is 11.8. The molecular formula is C26H31FN6O2. The third kappa shape index (κ3) is 5.57. The predicted molar refractivity (Wildman–Crippen MR) is 130 cm³/mol. The molecule has 0 unspecified atom stereocenters. The van der Waals surface area contributed by atoms with Crippen LogP contribution in [-0.4, -0.2) is 50.5 Å². The molecule has 0 bridgehead atoms. The Morgan fingerprint density at radius 1 is 1.09 bits per heavy atom. The Kier molecular flexibility index (Phi) is 7.55. The SMILES string of the molecule is CC(C)c1ccc([C@@H](NC(=O)[C@@H]2C[C@@H](F)CN2C(=O)Cn2nncc2CN)c2ccccc2)cc1. The quantitative estimate of drug-likeness (QED) is 0.518. The summed E-state index contributed by atoms with van der Waals surface area (Å²) in [6.07, 6.45) is 0.154. The molecule has 2 aromatic carbocycles. The number of rotatable bonds is 8. The van der Waals surface area contributed by atoms with Crippen molar-refractivity contribution in [1.82, 2.24) is 25.2 Å². The van der Waals surface area contributed by atoms with Gasteiger partial charge in [-0.15, -0.1) is 5.10 Å². The maximum Gasteiger partial charge on any atom is 0.245 e. The van der Waals surface area contributed by atoms with Gasteiger partial charge in [-0.2, -0.15) is 0 Å². The summed E-state index contributed by atoms with van der Waals surface area (Å²) in [7, 11) is 0. The Balaban J connectivity index is 1.55. The standard InChI is InChI=1S/C26H31FN6O2/c1-17(2)18-8-10-20(11-9-18)25(19-6-4-3-5-7-19)30-26(35)23-12-21(27)15-32(23)24(34)16-33-22(13-28)14-29-31-33/h3-11,14,17,21,23,25H,12-13,15-16,28H2,1-2H3,(H,30,35)/t21-,23+,25+/m1/s1. The highest BCUT2D eigenvalue weighted by Crippen LogP contribution is 2.27. The highest BCUT2D eigenvalue weighted by Gasteiger charge is 2.40. The zero-order valence-electron chi connectivity index (χ0n) is 20.0. The number of aromatic nitrogens is 3. The highest BCUT2D eigenvalue weighted by atomic mass is 19.1. The molecule has 8 nitrogen and oxygen atoms in total. The summed E-state index contributed by atoms with van der Waals surface area (Å²) in [6.45, 7) is 4.13. The lowest BCUT2D eigenvalue weighted by Gasteiger charge is -2.27. The number of likely N-dealkylation sites (tertiary alicyclic amines) is 1. The van der Waals surface area contributed by atoms with Crippen LogP contribution in [0.25, 0.3) is 0 Å². The second-order valence-corrected chi connectivity index (χ2v) is 9.16. The number of benzene rings is 2. The first-order valence-electron chi connectivity index (χ1n) is 11.8. The van der Waals surface area contributed by atoms with Crippen LogP contribution in [0.3, 0.4) is 0 Å². The molecule has 0 aliphatic carbocycles. The lowest BCUT2D eigenvalue weighted by molar-refractivity contribution is -0.139. The molecule has 1 fully saturated rings. The number of hydrogen-bond acceptors (Lipinski definition) is 5. The Labute approximate surface area is 204 Å². The topological polar surface area (TPSA) is 106 Å². The van der Waals surface area contributed by atoms with E-state index in [0.717, 1.165) is 11.1 Å². The van der Waals surface area contributed by atoms with E-state index in [2.05, 4.69) is 41.6 Å². The maximum absolute atomic E-state index is 14.4. The summed E-state index contributed by atoms with van der Waals surface area (Å²) in [5.41, 5.74) is 9.27. The van der Waals surface area contributed by atoms with Crippen LogP contribution in [0.15, 0.2) is 60.8 Å². The number of halogens is 1. The molecule has 0 spiro atoms. The van der Waals surface area contributed by atoms with E-state index in [1.54, 1.807) is 0 Å². The molecule has 1 aliphatic heterocycles. The second-order valence-electron chi connectivity index (χ2n) is 9.16. The molecule has 184 valence electrons. The van der Waals surface area contributed by atoms with Crippen molar-refractivity contribution in [2.75, 3.05) is 6.54 Å². The number of carbonyl (C=O) groups excluding carboxylic acids is 2. The first kappa shape index (κ1) is 24.5. The van der Waals surface area contributed by atoms with Gasteiger partial charge in [-0.3, -0.25) is 9.59 Å². The third-order valence-electron chi connectivity index (χ3n) is 6.42. The fraction of sp³-hybridized carbons (Fsp3) is 0.385. The van der Waals surface area contributed by atoms with Crippen LogP contribution in [-0.2, 0) is 22.7 Å². The van der Waals surface area contributed by atoms with Gasteiger partial charge in [0.05, 0.1) is 24.5 Å². The normalized spacial score (nSPS) is 18.6. The van der Waals surface area contributed by atoms with Gasteiger partial charge in [0.2, 0.25) is 11.8 Å².